The molecule has 2 heterocycles. The minimum atomic E-state index is -0.471. The average molecular weight is 542 g/mol. The van der Waals surface area contributed by atoms with Gasteiger partial charge in [0.1, 0.15) is 6.54 Å². The molecule has 10 nitrogen and oxygen atoms in total. The van der Waals surface area contributed by atoms with Gasteiger partial charge in [-0.15, -0.1) is 10.2 Å². The summed E-state index contributed by atoms with van der Waals surface area (Å²) >= 11 is 0. The van der Waals surface area contributed by atoms with Crippen molar-refractivity contribution in [1.29, 1.82) is 5.41 Å². The third-order valence-corrected chi connectivity index (χ3v) is 6.68. The van der Waals surface area contributed by atoms with Crippen LogP contribution in [0.3, 0.4) is 0 Å². The predicted molar refractivity (Wildman–Crippen MR) is 149 cm³/mol. The van der Waals surface area contributed by atoms with Crippen molar-refractivity contribution in [1.82, 2.24) is 19.4 Å². The van der Waals surface area contributed by atoms with Crippen LogP contribution in [-0.4, -0.2) is 56.7 Å². The number of aryl methyl sites for hydroxylation is 1. The monoisotopic (exact) mass is 541 g/mol. The fourth-order valence-electron chi connectivity index (χ4n) is 4.11. The molecule has 0 bridgehead atoms. The van der Waals surface area contributed by atoms with Crippen molar-refractivity contribution in [3.05, 3.63) is 40.5 Å². The van der Waals surface area contributed by atoms with Crippen molar-refractivity contribution < 1.29 is 24.1 Å². The Morgan fingerprint density at radius 3 is 2.33 bits per heavy atom. The standard InChI is InChI=1S/C29H43N5O5/c1-10-20(11-2)39-24-12-18(3)26-32-33(27(30)34(26)31-24)15-22(36)19-13-21(28(4,5)6)25(37-9)23(14-19)38-17-29(7,8)16-35/h12-14,20,30,35H,10-11,15-17H2,1-9H3. The second-order valence-electron chi connectivity index (χ2n) is 11.8. The van der Waals surface area contributed by atoms with Crippen molar-refractivity contribution >= 4 is 11.4 Å². The zero-order valence-corrected chi connectivity index (χ0v) is 24.7. The summed E-state index contributed by atoms with van der Waals surface area (Å²) in [6.07, 6.45) is 1.73. The van der Waals surface area contributed by atoms with Crippen LogP contribution in [-0.2, 0) is 12.0 Å². The van der Waals surface area contributed by atoms with E-state index in [4.69, 9.17) is 19.6 Å². The highest BCUT2D eigenvalue weighted by Crippen LogP contribution is 2.40. The van der Waals surface area contributed by atoms with Crippen molar-refractivity contribution in [2.24, 2.45) is 5.41 Å². The van der Waals surface area contributed by atoms with Gasteiger partial charge in [0.2, 0.25) is 11.5 Å². The van der Waals surface area contributed by atoms with E-state index in [2.05, 4.69) is 24.0 Å². The van der Waals surface area contributed by atoms with E-state index in [0.717, 1.165) is 24.0 Å². The molecule has 214 valence electrons. The highest BCUT2D eigenvalue weighted by molar-refractivity contribution is 5.97. The molecule has 0 atom stereocenters. The number of Topliss-reactive ketones (excluding diaryl/α,β-unsaturated/α-hetero) is 1. The van der Waals surface area contributed by atoms with E-state index in [0.29, 0.717) is 28.6 Å². The van der Waals surface area contributed by atoms with E-state index in [1.54, 1.807) is 13.2 Å². The maximum Gasteiger partial charge on any atom is 0.242 e. The number of hydrogen-bond acceptors (Lipinski definition) is 8. The molecule has 1 aromatic carbocycles. The summed E-state index contributed by atoms with van der Waals surface area (Å²) in [5.74, 6) is 1.18. The molecule has 39 heavy (non-hydrogen) atoms. The third kappa shape index (κ3) is 6.79. The average Bonchev–Trinajstić information content (AvgIpc) is 3.20. The second kappa shape index (κ2) is 11.8. The van der Waals surface area contributed by atoms with Gasteiger partial charge in [-0.2, -0.15) is 4.52 Å². The molecule has 0 saturated heterocycles. The smallest absolute Gasteiger partial charge is 0.242 e. The molecule has 3 rings (SSSR count). The van der Waals surface area contributed by atoms with Gasteiger partial charge in [-0.3, -0.25) is 10.2 Å². The van der Waals surface area contributed by atoms with Crippen molar-refractivity contribution in [3.8, 4) is 17.4 Å². The topological polar surface area (TPSA) is 124 Å². The number of aromatic nitrogens is 4. The highest BCUT2D eigenvalue weighted by Gasteiger charge is 2.27. The first-order valence-corrected chi connectivity index (χ1v) is 13.4. The Balaban J connectivity index is 2.01. The number of ketones is 1. The molecule has 0 unspecified atom stereocenters. The molecule has 2 aromatic heterocycles. The largest absolute Gasteiger partial charge is 0.493 e. The minimum Gasteiger partial charge on any atom is -0.493 e. The fraction of sp³-hybridized carbons (Fsp3) is 0.586. The zero-order valence-electron chi connectivity index (χ0n) is 24.7. The molecule has 10 heteroatoms. The summed E-state index contributed by atoms with van der Waals surface area (Å²) in [6.45, 7) is 15.9. The fourth-order valence-corrected chi connectivity index (χ4v) is 4.11. The van der Waals surface area contributed by atoms with Crippen LogP contribution in [0, 0.1) is 17.7 Å². The van der Waals surface area contributed by atoms with Crippen LogP contribution in [0.25, 0.3) is 5.65 Å². The molecule has 0 aliphatic rings. The summed E-state index contributed by atoms with van der Waals surface area (Å²) in [5.41, 5.74) is 1.69. The minimum absolute atomic E-state index is 0.0258. The number of rotatable bonds is 12. The van der Waals surface area contributed by atoms with E-state index in [9.17, 15) is 9.90 Å². The molecule has 0 aliphatic carbocycles. The molecule has 0 fully saturated rings. The molecule has 0 aliphatic heterocycles. The summed E-state index contributed by atoms with van der Waals surface area (Å²) < 4.78 is 20.5. The van der Waals surface area contributed by atoms with Gasteiger partial charge in [-0.25, -0.2) is 4.68 Å². The summed E-state index contributed by atoms with van der Waals surface area (Å²) in [6, 6.07) is 5.29. The van der Waals surface area contributed by atoms with Gasteiger partial charge in [0, 0.05) is 28.2 Å². The molecule has 3 aromatic rings. The number of aliphatic hydroxyl groups is 1. The Morgan fingerprint density at radius 2 is 1.77 bits per heavy atom. The van der Waals surface area contributed by atoms with Gasteiger partial charge in [-0.1, -0.05) is 48.5 Å². The number of aliphatic hydroxyl groups excluding tert-OH is 1. The van der Waals surface area contributed by atoms with Crippen LogP contribution >= 0.6 is 0 Å². The Bertz CT molecular complexity index is 1380. The first kappa shape index (κ1) is 30.1. The number of benzene rings is 1. The summed E-state index contributed by atoms with van der Waals surface area (Å²) in [4.78, 5) is 13.6. The van der Waals surface area contributed by atoms with Gasteiger partial charge in [0.05, 0.1) is 26.4 Å². The third-order valence-electron chi connectivity index (χ3n) is 6.68. The first-order valence-electron chi connectivity index (χ1n) is 13.4. The quantitative estimate of drug-likeness (QED) is 0.324. The maximum absolute atomic E-state index is 13.6. The lowest BCUT2D eigenvalue weighted by molar-refractivity contribution is 0.0941. The van der Waals surface area contributed by atoms with E-state index in [1.165, 1.54) is 9.20 Å². The molecule has 0 spiro atoms. The van der Waals surface area contributed by atoms with Gasteiger partial charge in [-0.05, 0) is 37.3 Å². The van der Waals surface area contributed by atoms with Gasteiger partial charge >= 0.3 is 0 Å². The lowest BCUT2D eigenvalue weighted by atomic mass is 9.84. The number of fused-ring (bicyclic) bond motifs is 1. The molecular weight excluding hydrogens is 498 g/mol. The van der Waals surface area contributed by atoms with Crippen LogP contribution in [0.15, 0.2) is 18.2 Å². The summed E-state index contributed by atoms with van der Waals surface area (Å²) in [5, 5.41) is 27.3. The maximum atomic E-state index is 13.6. The second-order valence-corrected chi connectivity index (χ2v) is 11.8. The van der Waals surface area contributed by atoms with E-state index in [-0.39, 0.29) is 42.7 Å². The lowest BCUT2D eigenvalue weighted by Crippen LogP contribution is -2.27. The SMILES string of the molecule is CCC(CC)Oc1cc(C)c2nn(CC(=O)c3cc(OCC(C)(C)CO)c(OC)c(C(C)(C)C)c3)c(=N)n2n1. The van der Waals surface area contributed by atoms with E-state index < -0.39 is 5.41 Å². The number of nitrogens with one attached hydrogen (secondary N) is 1. The van der Waals surface area contributed by atoms with Gasteiger partial charge < -0.3 is 19.3 Å². The van der Waals surface area contributed by atoms with Crippen LogP contribution in [0.4, 0.5) is 0 Å². The van der Waals surface area contributed by atoms with Crippen molar-refractivity contribution in [2.45, 2.75) is 86.3 Å². The van der Waals surface area contributed by atoms with Crippen molar-refractivity contribution in [2.75, 3.05) is 20.3 Å². The Morgan fingerprint density at radius 1 is 1.10 bits per heavy atom. The number of nitrogens with zero attached hydrogens (tertiary/aromatic N) is 4. The number of carbonyl (C=O) groups excluding carboxylic acids is 1. The molecule has 0 radical (unpaired) electrons. The molecule has 0 amide bonds. The van der Waals surface area contributed by atoms with Crippen LogP contribution in [0.1, 0.15) is 82.8 Å². The van der Waals surface area contributed by atoms with Gasteiger partial charge in [0.15, 0.2) is 22.9 Å². The number of ether oxygens (including phenoxy) is 3. The summed E-state index contributed by atoms with van der Waals surface area (Å²) in [7, 11) is 1.57. The number of hydrogen-bond donors (Lipinski definition) is 2. The Labute approximate surface area is 230 Å². The van der Waals surface area contributed by atoms with E-state index in [1.807, 2.05) is 53.7 Å². The van der Waals surface area contributed by atoms with Crippen molar-refractivity contribution in [3.63, 3.8) is 0 Å². The molecular formula is C29H43N5O5. The first-order chi connectivity index (χ1) is 18.2. The zero-order chi connectivity index (χ0) is 29.1. The van der Waals surface area contributed by atoms with Gasteiger partial charge in [0.25, 0.3) is 0 Å². The predicted octanol–water partition coefficient (Wildman–Crippen LogP) is 4.47. The Hall–Kier alpha value is -3.40. The lowest BCUT2D eigenvalue weighted by Gasteiger charge is -2.27. The normalized spacial score (nSPS) is 12.3. The van der Waals surface area contributed by atoms with Crippen LogP contribution in [0.2, 0.25) is 0 Å². The Kier molecular flexibility index (Phi) is 9.10. The van der Waals surface area contributed by atoms with E-state index >= 15 is 0 Å². The number of carbonyl (C=O) groups is 1. The molecule has 2 N–H and O–H groups in total. The number of methoxy groups -OCH3 is 1. The van der Waals surface area contributed by atoms with Crippen LogP contribution < -0.4 is 19.8 Å². The van der Waals surface area contributed by atoms with Crippen LogP contribution in [0.5, 0.6) is 17.4 Å². The molecule has 0 saturated carbocycles. The highest BCUT2D eigenvalue weighted by atomic mass is 16.5.